The van der Waals surface area contributed by atoms with Gasteiger partial charge in [0.2, 0.25) is 0 Å². The maximum Gasteiger partial charge on any atom is 0.317 e. The summed E-state index contributed by atoms with van der Waals surface area (Å²) in [5.74, 6) is 0. The van der Waals surface area contributed by atoms with Crippen LogP contribution in [0.25, 0.3) is 10.8 Å². The molecule has 1 N–H and O–H groups in total. The third kappa shape index (κ3) is 3.29. The molecule has 0 saturated carbocycles. The lowest BCUT2D eigenvalue weighted by Gasteiger charge is -2.33. The first-order valence-electron chi connectivity index (χ1n) is 9.23. The SMILES string of the molecule is C[C@H](NC(=O)N1CCC(n2ccnc2)CC1)c1cccc2ccccc12. The van der Waals surface area contributed by atoms with E-state index in [2.05, 4.69) is 52.1 Å². The maximum atomic E-state index is 12.7. The molecule has 5 heteroatoms. The lowest BCUT2D eigenvalue weighted by molar-refractivity contribution is 0.169. The molecule has 2 heterocycles. The van der Waals surface area contributed by atoms with Crippen molar-refractivity contribution in [3.05, 3.63) is 66.7 Å². The average molecular weight is 348 g/mol. The minimum absolute atomic E-state index is 0.0227. The normalized spacial score (nSPS) is 16.6. The van der Waals surface area contributed by atoms with Gasteiger partial charge in [0.25, 0.3) is 0 Å². The van der Waals surface area contributed by atoms with Gasteiger partial charge in [-0.15, -0.1) is 0 Å². The minimum atomic E-state index is -0.0278. The van der Waals surface area contributed by atoms with Crippen molar-refractivity contribution in [2.24, 2.45) is 0 Å². The molecule has 1 aliphatic heterocycles. The van der Waals surface area contributed by atoms with Crippen molar-refractivity contribution in [3.63, 3.8) is 0 Å². The van der Waals surface area contributed by atoms with Gasteiger partial charge in [0.05, 0.1) is 12.4 Å². The van der Waals surface area contributed by atoms with Crippen LogP contribution in [0.2, 0.25) is 0 Å². The summed E-state index contributed by atoms with van der Waals surface area (Å²) >= 11 is 0. The molecular weight excluding hydrogens is 324 g/mol. The number of amides is 2. The fraction of sp³-hybridized carbons (Fsp3) is 0.333. The molecule has 2 amide bonds. The van der Waals surface area contributed by atoms with Crippen molar-refractivity contribution in [2.75, 3.05) is 13.1 Å². The smallest absolute Gasteiger partial charge is 0.317 e. The average Bonchev–Trinajstić information content (AvgIpc) is 3.22. The zero-order valence-corrected chi connectivity index (χ0v) is 15.0. The van der Waals surface area contributed by atoms with Crippen LogP contribution < -0.4 is 5.32 Å². The summed E-state index contributed by atoms with van der Waals surface area (Å²) in [4.78, 5) is 18.8. The lowest BCUT2D eigenvalue weighted by atomic mass is 10.00. The molecule has 0 radical (unpaired) electrons. The Balaban J connectivity index is 1.40. The van der Waals surface area contributed by atoms with E-state index in [1.807, 2.05) is 35.8 Å². The lowest BCUT2D eigenvalue weighted by Crippen LogP contribution is -2.45. The number of nitrogens with zero attached hydrogens (tertiary/aromatic N) is 3. The van der Waals surface area contributed by atoms with Crippen LogP contribution in [-0.2, 0) is 0 Å². The molecule has 0 bridgehead atoms. The highest BCUT2D eigenvalue weighted by atomic mass is 16.2. The van der Waals surface area contributed by atoms with Crippen LogP contribution in [0.5, 0.6) is 0 Å². The number of rotatable bonds is 3. The molecule has 0 spiro atoms. The van der Waals surface area contributed by atoms with E-state index in [0.29, 0.717) is 6.04 Å². The van der Waals surface area contributed by atoms with Crippen molar-refractivity contribution >= 4 is 16.8 Å². The molecule has 3 aromatic rings. The van der Waals surface area contributed by atoms with Gasteiger partial charge in [-0.2, -0.15) is 0 Å². The Morgan fingerprint density at radius 1 is 1.15 bits per heavy atom. The summed E-state index contributed by atoms with van der Waals surface area (Å²) in [6.45, 7) is 3.60. The molecule has 0 aliphatic carbocycles. The molecule has 2 aromatic carbocycles. The Bertz CT molecular complexity index is 877. The number of likely N-dealkylation sites (tertiary alicyclic amines) is 1. The van der Waals surface area contributed by atoms with Crippen LogP contribution in [0.15, 0.2) is 61.2 Å². The fourth-order valence-corrected chi connectivity index (χ4v) is 3.83. The van der Waals surface area contributed by atoms with Crippen LogP contribution in [0.3, 0.4) is 0 Å². The molecule has 1 saturated heterocycles. The van der Waals surface area contributed by atoms with E-state index in [-0.39, 0.29) is 12.1 Å². The molecule has 1 aromatic heterocycles. The Kier molecular flexibility index (Phi) is 4.61. The van der Waals surface area contributed by atoms with E-state index in [1.54, 1.807) is 0 Å². The van der Waals surface area contributed by atoms with Crippen molar-refractivity contribution in [1.82, 2.24) is 19.8 Å². The quantitative estimate of drug-likeness (QED) is 0.773. The van der Waals surface area contributed by atoms with Gasteiger partial charge in [-0.1, -0.05) is 42.5 Å². The monoisotopic (exact) mass is 348 g/mol. The van der Waals surface area contributed by atoms with E-state index < -0.39 is 0 Å². The third-order valence-electron chi connectivity index (χ3n) is 5.33. The van der Waals surface area contributed by atoms with E-state index in [4.69, 9.17) is 0 Å². The highest BCUT2D eigenvalue weighted by Gasteiger charge is 2.24. The summed E-state index contributed by atoms with van der Waals surface area (Å²) in [6, 6.07) is 15.0. The Morgan fingerprint density at radius 2 is 1.92 bits per heavy atom. The van der Waals surface area contributed by atoms with E-state index in [0.717, 1.165) is 31.5 Å². The summed E-state index contributed by atoms with van der Waals surface area (Å²) in [5.41, 5.74) is 1.16. The topological polar surface area (TPSA) is 50.2 Å². The second-order valence-electron chi connectivity index (χ2n) is 6.97. The van der Waals surface area contributed by atoms with Gasteiger partial charge in [0.15, 0.2) is 0 Å². The van der Waals surface area contributed by atoms with Gasteiger partial charge in [0.1, 0.15) is 0 Å². The number of aromatic nitrogens is 2. The van der Waals surface area contributed by atoms with Crippen LogP contribution in [0.1, 0.15) is 37.4 Å². The highest BCUT2D eigenvalue weighted by Crippen LogP contribution is 2.25. The number of urea groups is 1. The van der Waals surface area contributed by atoms with Gasteiger partial charge in [-0.05, 0) is 36.1 Å². The van der Waals surface area contributed by atoms with E-state index >= 15 is 0 Å². The minimum Gasteiger partial charge on any atom is -0.334 e. The number of carbonyl (C=O) groups excluding carboxylic acids is 1. The molecule has 134 valence electrons. The number of hydrogen-bond donors (Lipinski definition) is 1. The maximum absolute atomic E-state index is 12.7. The second-order valence-corrected chi connectivity index (χ2v) is 6.97. The van der Waals surface area contributed by atoms with Crippen molar-refractivity contribution in [1.29, 1.82) is 0 Å². The Hall–Kier alpha value is -2.82. The largest absolute Gasteiger partial charge is 0.334 e. The number of imidazole rings is 1. The highest BCUT2D eigenvalue weighted by molar-refractivity contribution is 5.86. The molecule has 4 rings (SSSR count). The first-order valence-corrected chi connectivity index (χ1v) is 9.23. The van der Waals surface area contributed by atoms with E-state index in [1.165, 1.54) is 10.8 Å². The van der Waals surface area contributed by atoms with E-state index in [9.17, 15) is 4.79 Å². The van der Waals surface area contributed by atoms with Crippen LogP contribution in [0, 0.1) is 0 Å². The molecule has 5 nitrogen and oxygen atoms in total. The number of nitrogens with one attached hydrogen (secondary N) is 1. The summed E-state index contributed by atoms with van der Waals surface area (Å²) in [6.07, 6.45) is 7.61. The van der Waals surface area contributed by atoms with Gasteiger partial charge < -0.3 is 14.8 Å². The zero-order valence-electron chi connectivity index (χ0n) is 15.0. The standard InChI is InChI=1S/C21H24N4O/c1-16(19-8-4-6-17-5-2-3-7-20(17)19)23-21(26)24-12-9-18(10-13-24)25-14-11-22-15-25/h2-8,11,14-16,18H,9-10,12-13H2,1H3,(H,23,26)/t16-/m0/s1. The Labute approximate surface area is 153 Å². The number of piperidine rings is 1. The second kappa shape index (κ2) is 7.20. The van der Waals surface area contributed by atoms with Crippen molar-refractivity contribution in [3.8, 4) is 0 Å². The summed E-state index contributed by atoms with van der Waals surface area (Å²) < 4.78 is 2.15. The van der Waals surface area contributed by atoms with Crippen LogP contribution in [-0.4, -0.2) is 33.6 Å². The number of benzene rings is 2. The van der Waals surface area contributed by atoms with Gasteiger partial charge >= 0.3 is 6.03 Å². The number of carbonyl (C=O) groups is 1. The fourth-order valence-electron chi connectivity index (χ4n) is 3.83. The first-order chi connectivity index (χ1) is 12.7. The van der Waals surface area contributed by atoms with Crippen LogP contribution >= 0.6 is 0 Å². The Morgan fingerprint density at radius 3 is 2.69 bits per heavy atom. The van der Waals surface area contributed by atoms with Crippen molar-refractivity contribution in [2.45, 2.75) is 31.8 Å². The third-order valence-corrected chi connectivity index (χ3v) is 5.33. The molecule has 26 heavy (non-hydrogen) atoms. The number of hydrogen-bond acceptors (Lipinski definition) is 2. The first kappa shape index (κ1) is 16.6. The molecular formula is C21H24N4O. The zero-order chi connectivity index (χ0) is 17.9. The van der Waals surface area contributed by atoms with Crippen LogP contribution in [0.4, 0.5) is 4.79 Å². The molecule has 0 unspecified atom stereocenters. The summed E-state index contributed by atoms with van der Waals surface area (Å²) in [7, 11) is 0. The molecule has 1 aliphatic rings. The molecule has 1 atom stereocenters. The predicted molar refractivity (Wildman–Crippen MR) is 103 cm³/mol. The van der Waals surface area contributed by atoms with Crippen molar-refractivity contribution < 1.29 is 4.79 Å². The summed E-state index contributed by atoms with van der Waals surface area (Å²) in [5, 5.41) is 5.57. The molecule has 1 fully saturated rings. The van der Waals surface area contributed by atoms with Gasteiger partial charge in [0, 0.05) is 31.5 Å². The predicted octanol–water partition coefficient (Wildman–Crippen LogP) is 4.14. The number of fused-ring (bicyclic) bond motifs is 1. The van der Waals surface area contributed by atoms with Gasteiger partial charge in [-0.25, -0.2) is 9.78 Å². The van der Waals surface area contributed by atoms with Gasteiger partial charge in [-0.3, -0.25) is 0 Å².